The van der Waals surface area contributed by atoms with Crippen LogP contribution in [0.2, 0.25) is 0 Å². The van der Waals surface area contributed by atoms with Gasteiger partial charge in [-0.15, -0.1) is 0 Å². The van der Waals surface area contributed by atoms with E-state index < -0.39 is 0 Å². The molecule has 0 bridgehead atoms. The van der Waals surface area contributed by atoms with Crippen LogP contribution in [0.5, 0.6) is 11.5 Å². The van der Waals surface area contributed by atoms with Gasteiger partial charge in [0, 0.05) is 11.3 Å². The predicted octanol–water partition coefficient (Wildman–Crippen LogP) is 0.631. The van der Waals surface area contributed by atoms with Crippen LogP contribution >= 0.6 is 0 Å². The number of hydrogen-bond acceptors (Lipinski definition) is 3. The highest BCUT2D eigenvalue weighted by atomic mass is 16.5. The number of carbonyl (C=O) groups excluding carboxylic acids is 1. The standard InChI is InChI=1S/C24H33N3O3/c1-17-8-6-7-9-21(17)25-24(28)19(3)27-12-10-26(11-13-27)16-20-15-23(30-5)22(29-4)14-18(20)2/h6-9,14-15,19H,10-13,16H2,1-5H3,(H,25,28)/p+2/t19-/m0/s1. The average Bonchev–Trinajstić information content (AvgIpc) is 2.76. The molecule has 0 aromatic heterocycles. The molecule has 6 nitrogen and oxygen atoms in total. The molecular formula is C24H35N3O3+2. The van der Waals surface area contributed by atoms with E-state index >= 15 is 0 Å². The zero-order valence-electron chi connectivity index (χ0n) is 18.8. The van der Waals surface area contributed by atoms with Crippen LogP contribution in [-0.4, -0.2) is 52.3 Å². The fourth-order valence-corrected chi connectivity index (χ4v) is 4.16. The minimum absolute atomic E-state index is 0.0611. The maximum atomic E-state index is 12.7. The first-order valence-corrected chi connectivity index (χ1v) is 10.7. The Bertz CT molecular complexity index is 876. The molecule has 2 aromatic carbocycles. The van der Waals surface area contributed by atoms with Gasteiger partial charge in [-0.25, -0.2) is 0 Å². The van der Waals surface area contributed by atoms with E-state index in [4.69, 9.17) is 9.47 Å². The summed E-state index contributed by atoms with van der Waals surface area (Å²) in [7, 11) is 3.34. The van der Waals surface area contributed by atoms with Gasteiger partial charge in [-0.1, -0.05) is 18.2 Å². The van der Waals surface area contributed by atoms with Gasteiger partial charge < -0.3 is 24.6 Å². The lowest BCUT2D eigenvalue weighted by Gasteiger charge is -2.33. The number of amides is 1. The molecule has 6 heteroatoms. The quantitative estimate of drug-likeness (QED) is 0.624. The van der Waals surface area contributed by atoms with Crippen LogP contribution in [0.25, 0.3) is 0 Å². The van der Waals surface area contributed by atoms with Crippen molar-refractivity contribution in [3.63, 3.8) is 0 Å². The zero-order valence-corrected chi connectivity index (χ0v) is 18.8. The molecule has 0 radical (unpaired) electrons. The monoisotopic (exact) mass is 413 g/mol. The molecule has 1 heterocycles. The number of benzene rings is 2. The smallest absolute Gasteiger partial charge is 0.282 e. The maximum Gasteiger partial charge on any atom is 0.282 e. The van der Waals surface area contributed by atoms with Crippen molar-refractivity contribution >= 4 is 11.6 Å². The fraction of sp³-hybridized carbons (Fsp3) is 0.458. The van der Waals surface area contributed by atoms with Gasteiger partial charge in [0.05, 0.1) is 14.2 Å². The normalized spacial score (nSPS) is 19.8. The van der Waals surface area contributed by atoms with Crippen LogP contribution in [0.4, 0.5) is 5.69 Å². The van der Waals surface area contributed by atoms with Gasteiger partial charge in [0.2, 0.25) is 0 Å². The largest absolute Gasteiger partial charge is 0.493 e. The van der Waals surface area contributed by atoms with Crippen LogP contribution in [0.1, 0.15) is 23.6 Å². The Balaban J connectivity index is 1.56. The summed E-state index contributed by atoms with van der Waals surface area (Å²) in [6.07, 6.45) is 0. The summed E-state index contributed by atoms with van der Waals surface area (Å²) in [5.41, 5.74) is 4.51. The number of quaternary nitrogens is 2. The first-order valence-electron chi connectivity index (χ1n) is 10.7. The van der Waals surface area contributed by atoms with Crippen molar-refractivity contribution < 1.29 is 24.1 Å². The Morgan fingerprint density at radius 3 is 2.27 bits per heavy atom. The maximum absolute atomic E-state index is 12.7. The number of carbonyl (C=O) groups is 1. The van der Waals surface area contributed by atoms with Crippen molar-refractivity contribution in [1.29, 1.82) is 0 Å². The number of nitrogens with one attached hydrogen (secondary N) is 3. The van der Waals surface area contributed by atoms with Crippen molar-refractivity contribution in [3.05, 3.63) is 53.1 Å². The van der Waals surface area contributed by atoms with Crippen molar-refractivity contribution in [1.82, 2.24) is 0 Å². The van der Waals surface area contributed by atoms with Crippen molar-refractivity contribution in [3.8, 4) is 11.5 Å². The molecule has 1 fully saturated rings. The Kier molecular flexibility index (Phi) is 7.34. The number of piperazine rings is 1. The first kappa shape index (κ1) is 22.1. The molecule has 0 saturated carbocycles. The molecule has 1 aliphatic rings. The molecule has 0 spiro atoms. The molecule has 1 aliphatic heterocycles. The summed E-state index contributed by atoms with van der Waals surface area (Å²) >= 11 is 0. The molecule has 1 saturated heterocycles. The number of aryl methyl sites for hydroxylation is 2. The number of hydrogen-bond donors (Lipinski definition) is 3. The van der Waals surface area contributed by atoms with E-state index in [0.717, 1.165) is 55.5 Å². The Hall–Kier alpha value is -2.57. The molecule has 1 amide bonds. The second-order valence-electron chi connectivity index (χ2n) is 8.24. The average molecular weight is 414 g/mol. The molecule has 162 valence electrons. The predicted molar refractivity (Wildman–Crippen MR) is 119 cm³/mol. The lowest BCUT2D eigenvalue weighted by molar-refractivity contribution is -1.02. The zero-order chi connectivity index (χ0) is 21.7. The summed E-state index contributed by atoms with van der Waals surface area (Å²) in [5.74, 6) is 1.65. The van der Waals surface area contributed by atoms with Gasteiger partial charge in [-0.2, -0.15) is 0 Å². The second kappa shape index (κ2) is 9.96. The van der Waals surface area contributed by atoms with Crippen LogP contribution < -0.4 is 24.6 Å². The molecule has 3 N–H and O–H groups in total. The first-order chi connectivity index (χ1) is 14.4. The third kappa shape index (κ3) is 5.12. The lowest BCUT2D eigenvalue weighted by Crippen LogP contribution is -3.29. The van der Waals surface area contributed by atoms with E-state index in [1.165, 1.54) is 16.0 Å². The van der Waals surface area contributed by atoms with E-state index in [9.17, 15) is 4.79 Å². The van der Waals surface area contributed by atoms with E-state index in [1.54, 1.807) is 19.1 Å². The van der Waals surface area contributed by atoms with Crippen molar-refractivity contribution in [2.45, 2.75) is 33.4 Å². The number of methoxy groups -OCH3 is 2. The SMILES string of the molecule is COc1cc(C)c(C[NH+]2CC[NH+]([C@@H](C)C(=O)Nc3ccccc3C)CC2)cc1OC. The highest BCUT2D eigenvalue weighted by molar-refractivity contribution is 5.94. The molecular weight excluding hydrogens is 378 g/mol. The summed E-state index contributed by atoms with van der Waals surface area (Å²) in [4.78, 5) is 15.6. The summed E-state index contributed by atoms with van der Waals surface area (Å²) in [6.45, 7) is 11.2. The number of ether oxygens (including phenoxy) is 2. The molecule has 0 unspecified atom stereocenters. The molecule has 1 atom stereocenters. The molecule has 30 heavy (non-hydrogen) atoms. The van der Waals surface area contributed by atoms with Crippen LogP contribution in [0.15, 0.2) is 36.4 Å². The lowest BCUT2D eigenvalue weighted by atomic mass is 10.1. The van der Waals surface area contributed by atoms with Gasteiger partial charge in [-0.3, -0.25) is 4.79 Å². The Morgan fingerprint density at radius 2 is 1.63 bits per heavy atom. The second-order valence-corrected chi connectivity index (χ2v) is 8.24. The van der Waals surface area contributed by atoms with Gasteiger partial charge in [0.1, 0.15) is 32.7 Å². The summed E-state index contributed by atoms with van der Waals surface area (Å²) in [5, 5.41) is 3.10. The third-order valence-corrected chi connectivity index (χ3v) is 6.29. The number of para-hydroxylation sites is 1. The van der Waals surface area contributed by atoms with Gasteiger partial charge in [0.15, 0.2) is 17.5 Å². The summed E-state index contributed by atoms with van der Waals surface area (Å²) < 4.78 is 10.9. The molecule has 2 aromatic rings. The Morgan fingerprint density at radius 1 is 1.00 bits per heavy atom. The van der Waals surface area contributed by atoms with Gasteiger partial charge in [-0.05, 0) is 50.1 Å². The van der Waals surface area contributed by atoms with E-state index in [0.29, 0.717) is 0 Å². The summed E-state index contributed by atoms with van der Waals surface area (Å²) in [6, 6.07) is 12.0. The molecule has 0 aliphatic carbocycles. The van der Waals surface area contributed by atoms with E-state index in [2.05, 4.69) is 18.3 Å². The van der Waals surface area contributed by atoms with Gasteiger partial charge in [0.25, 0.3) is 5.91 Å². The minimum atomic E-state index is -0.0611. The van der Waals surface area contributed by atoms with Crippen LogP contribution in [0.3, 0.4) is 0 Å². The van der Waals surface area contributed by atoms with Crippen molar-refractivity contribution in [2.75, 3.05) is 45.7 Å². The van der Waals surface area contributed by atoms with E-state index in [1.807, 2.05) is 44.2 Å². The van der Waals surface area contributed by atoms with E-state index in [-0.39, 0.29) is 11.9 Å². The van der Waals surface area contributed by atoms with Gasteiger partial charge >= 0.3 is 0 Å². The minimum Gasteiger partial charge on any atom is -0.493 e. The highest BCUT2D eigenvalue weighted by Gasteiger charge is 2.31. The third-order valence-electron chi connectivity index (χ3n) is 6.29. The molecule has 3 rings (SSSR count). The Labute approximate surface area is 179 Å². The highest BCUT2D eigenvalue weighted by Crippen LogP contribution is 2.29. The van der Waals surface area contributed by atoms with Crippen LogP contribution in [0, 0.1) is 13.8 Å². The van der Waals surface area contributed by atoms with Crippen molar-refractivity contribution in [2.24, 2.45) is 0 Å². The fourth-order valence-electron chi connectivity index (χ4n) is 4.16. The van der Waals surface area contributed by atoms with Crippen LogP contribution in [-0.2, 0) is 11.3 Å². The topological polar surface area (TPSA) is 56.4 Å². The number of anilines is 1. The number of rotatable bonds is 7.